The second-order valence-corrected chi connectivity index (χ2v) is 14.3. The van der Waals surface area contributed by atoms with E-state index < -0.39 is 35.3 Å². The Morgan fingerprint density at radius 2 is 1.86 bits per heavy atom. The van der Waals surface area contributed by atoms with Gasteiger partial charge in [0.05, 0.1) is 0 Å². The fourth-order valence-corrected chi connectivity index (χ4v) is 8.16. The van der Waals surface area contributed by atoms with E-state index in [-0.39, 0.29) is 28.8 Å². The first kappa shape index (κ1) is 35.6. The van der Waals surface area contributed by atoms with E-state index >= 15 is 0 Å². The van der Waals surface area contributed by atoms with Crippen LogP contribution < -0.4 is 11.1 Å². The molecule has 4 heterocycles. The Bertz CT molecular complexity index is 1940. The summed E-state index contributed by atoms with van der Waals surface area (Å²) in [4.78, 5) is 56.8. The van der Waals surface area contributed by atoms with Gasteiger partial charge in [0.2, 0.25) is 0 Å². The first-order valence-corrected chi connectivity index (χ1v) is 18.8. The van der Waals surface area contributed by atoms with E-state index in [0.29, 0.717) is 11.5 Å². The number of carbonyl (C=O) groups is 3. The van der Waals surface area contributed by atoms with E-state index in [1.54, 1.807) is 11.6 Å². The van der Waals surface area contributed by atoms with Crippen molar-refractivity contribution in [2.45, 2.75) is 24.4 Å². The van der Waals surface area contributed by atoms with Crippen LogP contribution >= 0.6 is 34.9 Å². The summed E-state index contributed by atoms with van der Waals surface area (Å²) in [6.45, 7) is 5.58. The highest BCUT2D eigenvalue weighted by Crippen LogP contribution is 2.42. The van der Waals surface area contributed by atoms with Crippen LogP contribution in [-0.4, -0.2) is 67.9 Å². The Hall–Kier alpha value is -5.18. The van der Waals surface area contributed by atoms with Gasteiger partial charge in [0.25, 0.3) is 11.8 Å². The zero-order chi connectivity index (χ0) is 35.7. The first-order valence-electron chi connectivity index (χ1n) is 15.9. The van der Waals surface area contributed by atoms with Gasteiger partial charge in [0, 0.05) is 28.8 Å². The maximum Gasteiger partial charge on any atom is 0.356 e. The van der Waals surface area contributed by atoms with Gasteiger partial charge in [0.15, 0.2) is 16.9 Å². The molecule has 2 aromatic heterocycles. The number of hydrogen-bond donors (Lipinski definition) is 2. The number of benzene rings is 2. The van der Waals surface area contributed by atoms with Gasteiger partial charge in [0.1, 0.15) is 29.4 Å². The van der Waals surface area contributed by atoms with E-state index in [9.17, 15) is 14.4 Å². The number of fused-ring (bicyclic) bond motifs is 1. The molecule has 2 aliphatic heterocycles. The van der Waals surface area contributed by atoms with Crippen LogP contribution in [0.4, 0.5) is 5.13 Å². The molecule has 51 heavy (non-hydrogen) atoms. The van der Waals surface area contributed by atoms with Crippen LogP contribution in [0.1, 0.15) is 34.2 Å². The fraction of sp³-hybridized carbons (Fsp3) is 0.189. The highest BCUT2D eigenvalue weighted by Gasteiger charge is 2.55. The second kappa shape index (κ2) is 16.7. The number of thiazole rings is 1. The average Bonchev–Trinajstić information content (AvgIpc) is 3.59. The van der Waals surface area contributed by atoms with Gasteiger partial charge in [-0.2, -0.15) is 0 Å². The van der Waals surface area contributed by atoms with Crippen molar-refractivity contribution in [3.63, 3.8) is 0 Å². The molecule has 3 N–H and O–H groups in total. The van der Waals surface area contributed by atoms with Crippen LogP contribution in [0.15, 0.2) is 119 Å². The highest BCUT2D eigenvalue weighted by atomic mass is 32.2. The summed E-state index contributed by atoms with van der Waals surface area (Å²) < 4.78 is 6.26. The van der Waals surface area contributed by atoms with Crippen molar-refractivity contribution in [2.75, 3.05) is 23.8 Å². The lowest BCUT2D eigenvalue weighted by Crippen LogP contribution is -2.71. The number of β-lactam (4-membered cyclic amide) rings is 1. The van der Waals surface area contributed by atoms with Gasteiger partial charge in [-0.1, -0.05) is 84.5 Å². The lowest BCUT2D eigenvalue weighted by Gasteiger charge is -2.49. The van der Waals surface area contributed by atoms with Crippen molar-refractivity contribution in [1.29, 1.82) is 0 Å². The molecule has 2 atom stereocenters. The van der Waals surface area contributed by atoms with Crippen LogP contribution in [0.2, 0.25) is 0 Å². The number of aryl methyl sites for hydroxylation is 1. The number of nitrogens with zero attached hydrogens (tertiary/aromatic N) is 4. The Balaban J connectivity index is 1.26. The lowest BCUT2D eigenvalue weighted by atomic mass is 10.0. The minimum Gasteiger partial charge on any atom is -0.448 e. The summed E-state index contributed by atoms with van der Waals surface area (Å²) in [6, 6.07) is 21.9. The molecule has 2 aromatic carbocycles. The predicted octanol–water partition coefficient (Wildman–Crippen LogP) is 5.73. The van der Waals surface area contributed by atoms with Crippen LogP contribution in [0, 0.1) is 6.92 Å². The number of thioether (sulfide) groups is 2. The van der Waals surface area contributed by atoms with Gasteiger partial charge in [-0.15, -0.1) is 34.9 Å². The normalized spacial score (nSPS) is 17.3. The van der Waals surface area contributed by atoms with E-state index in [2.05, 4.69) is 27.0 Å². The number of hydrogen-bond acceptors (Lipinski definition) is 12. The molecule has 0 radical (unpaired) electrons. The summed E-state index contributed by atoms with van der Waals surface area (Å²) in [6.07, 6.45) is 4.51. The van der Waals surface area contributed by atoms with Crippen LogP contribution in [-0.2, 0) is 24.0 Å². The molecular formula is C37H34N6O5S3. The predicted molar refractivity (Wildman–Crippen MR) is 203 cm³/mol. The summed E-state index contributed by atoms with van der Waals surface area (Å²) in [5.41, 5.74) is 10.3. The lowest BCUT2D eigenvalue weighted by molar-refractivity contribution is -0.154. The molecule has 0 spiro atoms. The quantitative estimate of drug-likeness (QED) is 0.0411. The number of amides is 2. The number of oxime groups is 1. The molecular weight excluding hydrogens is 705 g/mol. The molecule has 1 fully saturated rings. The van der Waals surface area contributed by atoms with Crippen LogP contribution in [0.3, 0.4) is 0 Å². The van der Waals surface area contributed by atoms with Crippen molar-refractivity contribution in [3.05, 3.63) is 142 Å². The topological polar surface area (TPSA) is 149 Å². The number of nitrogens with one attached hydrogen (secondary N) is 1. The maximum absolute atomic E-state index is 14.3. The summed E-state index contributed by atoms with van der Waals surface area (Å²) in [5, 5.41) is 9.93. The van der Waals surface area contributed by atoms with E-state index in [0.717, 1.165) is 39.3 Å². The third kappa shape index (κ3) is 8.42. The van der Waals surface area contributed by atoms with Crippen molar-refractivity contribution < 1.29 is 24.0 Å². The highest BCUT2D eigenvalue weighted by molar-refractivity contribution is 8.02. The Labute approximate surface area is 307 Å². The molecule has 0 saturated carbocycles. The fourth-order valence-electron chi connectivity index (χ4n) is 5.35. The monoisotopic (exact) mass is 738 g/mol. The zero-order valence-corrected chi connectivity index (χ0v) is 30.0. The molecule has 11 nitrogen and oxygen atoms in total. The van der Waals surface area contributed by atoms with Gasteiger partial charge >= 0.3 is 5.97 Å². The van der Waals surface area contributed by atoms with E-state index in [1.807, 2.05) is 91.2 Å². The van der Waals surface area contributed by atoms with Crippen molar-refractivity contribution >= 4 is 69.6 Å². The number of rotatable bonds is 14. The smallest absolute Gasteiger partial charge is 0.356 e. The van der Waals surface area contributed by atoms with Crippen LogP contribution in [0.25, 0.3) is 6.08 Å². The van der Waals surface area contributed by atoms with Crippen LogP contribution in [0.5, 0.6) is 0 Å². The minimum atomic E-state index is -0.937. The maximum atomic E-state index is 14.3. The summed E-state index contributed by atoms with van der Waals surface area (Å²) >= 11 is 4.10. The number of anilines is 1. The Kier molecular flexibility index (Phi) is 11.7. The van der Waals surface area contributed by atoms with Gasteiger partial charge in [-0.3, -0.25) is 19.5 Å². The van der Waals surface area contributed by atoms with Gasteiger partial charge in [-0.25, -0.2) is 9.78 Å². The molecule has 2 amide bonds. The molecule has 260 valence electrons. The second-order valence-electron chi connectivity index (χ2n) is 11.4. The molecule has 1 saturated heterocycles. The Morgan fingerprint density at radius 3 is 2.49 bits per heavy atom. The van der Waals surface area contributed by atoms with E-state index in [4.69, 9.17) is 15.3 Å². The SMILES string of the molecule is C=CCO/N=C(/C(=O)NC1C(=O)N2C(C(=O)OC(c3ccccc3)c3ccccc3)=C(CS/C=C\c3ccc(C)nc3)CSC12)c1csc(N)n1. The number of aromatic nitrogens is 2. The molecule has 0 bridgehead atoms. The number of esters is 1. The van der Waals surface area contributed by atoms with Gasteiger partial charge in [-0.05, 0) is 46.7 Å². The standard InChI is InChI=1S/C37H34N6O5S3/c1-3-17-47-42-29(28-22-51-37(38)40-28)33(44)41-30-34(45)43-31(27(21-50-35(30)43)20-49-18-16-24-15-14-23(2)39-19-24)36(46)48-32(25-10-6-4-7-11-25)26-12-8-5-9-13-26/h3-16,18-19,22,30,32,35H,1,17,20-21H2,2H3,(H2,38,40)(H,41,44)/b18-16-,42-29+. The van der Waals surface area contributed by atoms with Gasteiger partial charge < -0.3 is 20.6 Å². The molecule has 14 heteroatoms. The number of nitrogens with two attached hydrogens (primary N) is 1. The molecule has 6 rings (SSSR count). The average molecular weight is 739 g/mol. The number of ether oxygens (including phenoxy) is 1. The number of nitrogen functional groups attached to an aromatic ring is 1. The zero-order valence-electron chi connectivity index (χ0n) is 27.5. The largest absolute Gasteiger partial charge is 0.448 e. The van der Waals surface area contributed by atoms with E-state index in [1.165, 1.54) is 34.5 Å². The number of carbonyl (C=O) groups excluding carboxylic acids is 3. The third-order valence-electron chi connectivity index (χ3n) is 7.83. The van der Waals surface area contributed by atoms with Crippen molar-refractivity contribution in [1.82, 2.24) is 20.2 Å². The molecule has 2 aliphatic rings. The summed E-state index contributed by atoms with van der Waals surface area (Å²) in [5.74, 6) is -0.870. The molecule has 2 unspecified atom stereocenters. The third-order valence-corrected chi connectivity index (χ3v) is 10.7. The molecule has 0 aliphatic carbocycles. The minimum absolute atomic E-state index is 0.0616. The van der Waals surface area contributed by atoms with Crippen molar-refractivity contribution in [2.24, 2.45) is 5.16 Å². The van der Waals surface area contributed by atoms with Crippen molar-refractivity contribution in [3.8, 4) is 0 Å². The number of pyridine rings is 1. The first-order chi connectivity index (χ1) is 24.8. The Morgan fingerprint density at radius 1 is 1.14 bits per heavy atom. The molecule has 4 aromatic rings. The summed E-state index contributed by atoms with van der Waals surface area (Å²) in [7, 11) is 0.